The van der Waals surface area contributed by atoms with Crippen LogP contribution in [0.1, 0.15) is 0 Å². The fourth-order valence-electron chi connectivity index (χ4n) is 1.06. The maximum Gasteiger partial charge on any atom is 0.322 e. The van der Waals surface area contributed by atoms with Gasteiger partial charge < -0.3 is 9.67 Å². The van der Waals surface area contributed by atoms with Gasteiger partial charge in [0, 0.05) is 25.5 Å². The fourth-order valence-corrected chi connectivity index (χ4v) is 1.06. The number of hydrogen-bond donors (Lipinski definition) is 2. The molecule has 0 aliphatic rings. The first-order valence-corrected chi connectivity index (χ1v) is 4.27. The molecule has 0 bridgehead atoms. The highest BCUT2D eigenvalue weighted by atomic mass is 16.4. The van der Waals surface area contributed by atoms with E-state index in [1.54, 1.807) is 29.4 Å². The summed E-state index contributed by atoms with van der Waals surface area (Å²) in [7, 11) is 0. The van der Waals surface area contributed by atoms with Crippen molar-refractivity contribution >= 4 is 5.97 Å². The lowest BCUT2D eigenvalue weighted by Gasteiger charge is -2.13. The molecule has 0 aliphatic carbocycles. The van der Waals surface area contributed by atoms with E-state index in [9.17, 15) is 4.79 Å². The summed E-state index contributed by atoms with van der Waals surface area (Å²) >= 11 is 0. The summed E-state index contributed by atoms with van der Waals surface area (Å²) in [6, 6.07) is -0.609. The largest absolute Gasteiger partial charge is 0.480 e. The molecule has 14 heavy (non-hydrogen) atoms. The van der Waals surface area contributed by atoms with Crippen LogP contribution < -0.4 is 5.32 Å². The molecule has 0 saturated heterocycles. The van der Waals surface area contributed by atoms with Gasteiger partial charge in [-0.2, -0.15) is 0 Å². The number of carboxylic acid groups (broad SMARTS) is 1. The zero-order valence-electron chi connectivity index (χ0n) is 7.76. The molecule has 1 unspecified atom stereocenters. The molecule has 0 saturated carbocycles. The Kier molecular flexibility index (Phi) is 3.87. The van der Waals surface area contributed by atoms with Crippen molar-refractivity contribution in [3.8, 4) is 0 Å². The average Bonchev–Trinajstić information content (AvgIpc) is 2.64. The van der Waals surface area contributed by atoms with Crippen molar-refractivity contribution in [3.63, 3.8) is 0 Å². The Labute approximate surface area is 82.1 Å². The minimum atomic E-state index is -0.874. The highest BCUT2D eigenvalue weighted by Crippen LogP contribution is 1.92. The molecule has 0 spiro atoms. The van der Waals surface area contributed by atoms with Crippen LogP contribution in [0.25, 0.3) is 0 Å². The zero-order chi connectivity index (χ0) is 10.4. The lowest BCUT2D eigenvalue weighted by molar-refractivity contribution is -0.139. The van der Waals surface area contributed by atoms with Gasteiger partial charge in [0.2, 0.25) is 0 Å². The quantitative estimate of drug-likeness (QED) is 0.632. The SMILES string of the molecule is C=CCNC(Cn1ccnc1)C(=O)O. The van der Waals surface area contributed by atoms with E-state index in [0.29, 0.717) is 13.1 Å². The summed E-state index contributed by atoms with van der Waals surface area (Å²) in [5.74, 6) is -0.874. The van der Waals surface area contributed by atoms with Gasteiger partial charge in [0.15, 0.2) is 0 Å². The van der Waals surface area contributed by atoms with Crippen LogP contribution in [-0.4, -0.2) is 33.2 Å². The van der Waals surface area contributed by atoms with Crippen molar-refractivity contribution in [2.45, 2.75) is 12.6 Å². The maximum absolute atomic E-state index is 10.8. The number of imidazole rings is 1. The Balaban J connectivity index is 2.51. The predicted molar refractivity (Wildman–Crippen MR) is 51.9 cm³/mol. The summed E-state index contributed by atoms with van der Waals surface area (Å²) in [5.41, 5.74) is 0. The number of hydrogen-bond acceptors (Lipinski definition) is 3. The van der Waals surface area contributed by atoms with Crippen molar-refractivity contribution in [3.05, 3.63) is 31.4 Å². The van der Waals surface area contributed by atoms with Crippen molar-refractivity contribution < 1.29 is 9.90 Å². The highest BCUT2D eigenvalue weighted by molar-refractivity contribution is 5.73. The van der Waals surface area contributed by atoms with E-state index in [-0.39, 0.29) is 0 Å². The number of nitrogens with one attached hydrogen (secondary N) is 1. The van der Waals surface area contributed by atoms with Crippen LogP contribution in [0.3, 0.4) is 0 Å². The smallest absolute Gasteiger partial charge is 0.322 e. The molecule has 2 N–H and O–H groups in total. The molecule has 0 amide bonds. The molecule has 1 aromatic heterocycles. The van der Waals surface area contributed by atoms with Gasteiger partial charge in [-0.05, 0) is 0 Å². The minimum Gasteiger partial charge on any atom is -0.480 e. The summed E-state index contributed by atoms with van der Waals surface area (Å²) in [6.45, 7) is 4.36. The second-order valence-corrected chi connectivity index (χ2v) is 2.85. The number of nitrogens with zero attached hydrogens (tertiary/aromatic N) is 2. The lowest BCUT2D eigenvalue weighted by Crippen LogP contribution is -2.40. The summed E-state index contributed by atoms with van der Waals surface area (Å²) in [4.78, 5) is 14.6. The van der Waals surface area contributed by atoms with E-state index < -0.39 is 12.0 Å². The molecule has 5 heteroatoms. The third-order valence-corrected chi connectivity index (χ3v) is 1.76. The van der Waals surface area contributed by atoms with Crippen LogP contribution in [0.2, 0.25) is 0 Å². The van der Waals surface area contributed by atoms with Gasteiger partial charge in [0.05, 0.1) is 6.33 Å². The van der Waals surface area contributed by atoms with Crippen LogP contribution in [0.5, 0.6) is 0 Å². The van der Waals surface area contributed by atoms with Gasteiger partial charge in [-0.3, -0.25) is 10.1 Å². The minimum absolute atomic E-state index is 0.364. The fraction of sp³-hybridized carbons (Fsp3) is 0.333. The second-order valence-electron chi connectivity index (χ2n) is 2.85. The van der Waals surface area contributed by atoms with Gasteiger partial charge in [0.1, 0.15) is 6.04 Å². The molecule has 1 rings (SSSR count). The van der Waals surface area contributed by atoms with Crippen LogP contribution in [-0.2, 0) is 11.3 Å². The van der Waals surface area contributed by atoms with Crippen LogP contribution in [0, 0.1) is 0 Å². The third-order valence-electron chi connectivity index (χ3n) is 1.76. The molecule has 76 valence electrons. The van der Waals surface area contributed by atoms with Crippen molar-refractivity contribution in [2.75, 3.05) is 6.54 Å². The monoisotopic (exact) mass is 195 g/mol. The van der Waals surface area contributed by atoms with E-state index in [4.69, 9.17) is 5.11 Å². The first kappa shape index (κ1) is 10.5. The molecule has 0 aromatic carbocycles. The Morgan fingerprint density at radius 3 is 3.07 bits per heavy atom. The summed E-state index contributed by atoms with van der Waals surface area (Å²) in [6.07, 6.45) is 6.56. The molecular weight excluding hydrogens is 182 g/mol. The van der Waals surface area contributed by atoms with Gasteiger partial charge in [0.25, 0.3) is 0 Å². The maximum atomic E-state index is 10.8. The molecule has 0 aliphatic heterocycles. The summed E-state index contributed by atoms with van der Waals surface area (Å²) in [5, 5.41) is 11.7. The predicted octanol–water partition coefficient (Wildman–Crippen LogP) is 0.112. The zero-order valence-corrected chi connectivity index (χ0v) is 7.76. The van der Waals surface area contributed by atoms with E-state index in [2.05, 4.69) is 16.9 Å². The standard InChI is InChI=1S/C9H13N3O2/c1-2-3-11-8(9(13)14)6-12-5-4-10-7-12/h2,4-5,7-8,11H,1,3,6H2,(H,13,14). The molecule has 1 atom stereocenters. The Bertz CT molecular complexity index is 295. The van der Waals surface area contributed by atoms with Crippen LogP contribution >= 0.6 is 0 Å². The van der Waals surface area contributed by atoms with Gasteiger partial charge in [-0.25, -0.2) is 4.98 Å². The number of aliphatic carboxylic acids is 1. The topological polar surface area (TPSA) is 67.2 Å². The Morgan fingerprint density at radius 1 is 1.79 bits per heavy atom. The lowest BCUT2D eigenvalue weighted by atomic mass is 10.3. The second kappa shape index (κ2) is 5.18. The number of carbonyl (C=O) groups is 1. The number of aromatic nitrogens is 2. The molecule has 1 heterocycles. The third kappa shape index (κ3) is 3.02. The molecule has 0 fully saturated rings. The first-order valence-electron chi connectivity index (χ1n) is 4.27. The van der Waals surface area contributed by atoms with Crippen molar-refractivity contribution in [2.24, 2.45) is 0 Å². The van der Waals surface area contributed by atoms with E-state index in [1.807, 2.05) is 0 Å². The number of carboxylic acids is 1. The van der Waals surface area contributed by atoms with Gasteiger partial charge in [-0.1, -0.05) is 6.08 Å². The van der Waals surface area contributed by atoms with Crippen LogP contribution in [0.4, 0.5) is 0 Å². The van der Waals surface area contributed by atoms with Gasteiger partial charge in [-0.15, -0.1) is 6.58 Å². The normalized spacial score (nSPS) is 12.3. The van der Waals surface area contributed by atoms with E-state index in [0.717, 1.165) is 0 Å². The van der Waals surface area contributed by atoms with E-state index in [1.165, 1.54) is 0 Å². The molecule has 5 nitrogen and oxygen atoms in total. The van der Waals surface area contributed by atoms with E-state index >= 15 is 0 Å². The van der Waals surface area contributed by atoms with Crippen LogP contribution in [0.15, 0.2) is 31.4 Å². The molecule has 0 radical (unpaired) electrons. The Hall–Kier alpha value is -1.62. The van der Waals surface area contributed by atoms with Crippen molar-refractivity contribution in [1.82, 2.24) is 14.9 Å². The first-order chi connectivity index (χ1) is 6.74. The molecular formula is C9H13N3O2. The number of rotatable bonds is 6. The summed E-state index contributed by atoms with van der Waals surface area (Å²) < 4.78 is 1.72. The highest BCUT2D eigenvalue weighted by Gasteiger charge is 2.15. The van der Waals surface area contributed by atoms with Gasteiger partial charge >= 0.3 is 5.97 Å². The van der Waals surface area contributed by atoms with Crippen molar-refractivity contribution in [1.29, 1.82) is 0 Å². The Morgan fingerprint density at radius 2 is 2.57 bits per heavy atom. The average molecular weight is 195 g/mol. The molecule has 1 aromatic rings.